The van der Waals surface area contributed by atoms with Gasteiger partial charge < -0.3 is 5.73 Å². The smallest absolute Gasteiger partial charge is 0.00744 e. The SMILES string of the molecule is CCCC(CCN)C12CC3CC(CC(C3)C1)C2. The molecular weight excluding hydrogens is 206 g/mol. The molecule has 17 heavy (non-hydrogen) atoms. The molecule has 4 bridgehead atoms. The molecule has 2 N–H and O–H groups in total. The van der Waals surface area contributed by atoms with Crippen molar-refractivity contribution in [1.29, 1.82) is 0 Å². The van der Waals surface area contributed by atoms with Crippen molar-refractivity contribution < 1.29 is 0 Å². The fourth-order valence-corrected chi connectivity index (χ4v) is 5.98. The molecule has 0 aliphatic heterocycles. The van der Waals surface area contributed by atoms with Gasteiger partial charge in [-0.25, -0.2) is 0 Å². The largest absolute Gasteiger partial charge is 0.330 e. The van der Waals surface area contributed by atoms with E-state index < -0.39 is 0 Å². The van der Waals surface area contributed by atoms with Gasteiger partial charge in [-0.2, -0.15) is 0 Å². The lowest BCUT2D eigenvalue weighted by atomic mass is 9.46. The van der Waals surface area contributed by atoms with Crippen molar-refractivity contribution in [2.24, 2.45) is 34.8 Å². The predicted molar refractivity (Wildman–Crippen MR) is 72.7 cm³/mol. The van der Waals surface area contributed by atoms with Crippen LogP contribution in [0, 0.1) is 29.1 Å². The maximum Gasteiger partial charge on any atom is -0.00744 e. The molecule has 0 heterocycles. The quantitative estimate of drug-likeness (QED) is 0.766. The summed E-state index contributed by atoms with van der Waals surface area (Å²) >= 11 is 0. The summed E-state index contributed by atoms with van der Waals surface area (Å²) in [6, 6.07) is 0. The van der Waals surface area contributed by atoms with Crippen LogP contribution in [0.25, 0.3) is 0 Å². The number of hydrogen-bond acceptors (Lipinski definition) is 1. The number of rotatable bonds is 5. The molecule has 1 atom stereocenters. The topological polar surface area (TPSA) is 26.0 Å². The summed E-state index contributed by atoms with van der Waals surface area (Å²) in [6.07, 6.45) is 13.5. The Morgan fingerprint density at radius 2 is 1.53 bits per heavy atom. The molecule has 0 radical (unpaired) electrons. The molecule has 0 saturated heterocycles. The third-order valence-corrected chi connectivity index (χ3v) is 6.10. The first kappa shape index (κ1) is 12.0. The van der Waals surface area contributed by atoms with Gasteiger partial charge in [-0.05, 0) is 80.6 Å². The normalized spacial score (nSPS) is 45.2. The molecule has 0 spiro atoms. The lowest BCUT2D eigenvalue weighted by Crippen LogP contribution is -2.49. The van der Waals surface area contributed by atoms with E-state index in [1.54, 1.807) is 38.5 Å². The Morgan fingerprint density at radius 1 is 1.00 bits per heavy atom. The van der Waals surface area contributed by atoms with E-state index in [2.05, 4.69) is 6.92 Å². The Kier molecular flexibility index (Phi) is 3.23. The molecule has 4 fully saturated rings. The zero-order valence-electron chi connectivity index (χ0n) is 11.5. The van der Waals surface area contributed by atoms with Crippen LogP contribution < -0.4 is 5.73 Å². The molecule has 1 nitrogen and oxygen atoms in total. The van der Waals surface area contributed by atoms with Crippen molar-refractivity contribution in [1.82, 2.24) is 0 Å². The van der Waals surface area contributed by atoms with E-state index in [9.17, 15) is 0 Å². The average molecular weight is 235 g/mol. The highest BCUT2D eigenvalue weighted by atomic mass is 14.6. The van der Waals surface area contributed by atoms with Gasteiger partial charge in [0, 0.05) is 0 Å². The fraction of sp³-hybridized carbons (Fsp3) is 1.00. The van der Waals surface area contributed by atoms with Crippen molar-refractivity contribution in [2.45, 2.75) is 64.7 Å². The van der Waals surface area contributed by atoms with E-state index in [-0.39, 0.29) is 0 Å². The van der Waals surface area contributed by atoms with Gasteiger partial charge in [-0.3, -0.25) is 0 Å². The van der Waals surface area contributed by atoms with Crippen molar-refractivity contribution in [3.05, 3.63) is 0 Å². The molecule has 4 rings (SSSR count). The van der Waals surface area contributed by atoms with E-state index in [0.717, 1.165) is 35.6 Å². The highest BCUT2D eigenvalue weighted by Gasteiger charge is 2.53. The van der Waals surface area contributed by atoms with Crippen LogP contribution in [0.2, 0.25) is 0 Å². The number of hydrogen-bond donors (Lipinski definition) is 1. The molecule has 4 saturated carbocycles. The third-order valence-electron chi connectivity index (χ3n) is 6.10. The van der Waals surface area contributed by atoms with Crippen molar-refractivity contribution in [3.8, 4) is 0 Å². The maximum atomic E-state index is 5.88. The van der Waals surface area contributed by atoms with Gasteiger partial charge >= 0.3 is 0 Å². The van der Waals surface area contributed by atoms with E-state index in [1.165, 1.54) is 19.3 Å². The van der Waals surface area contributed by atoms with Crippen molar-refractivity contribution in [3.63, 3.8) is 0 Å². The molecule has 98 valence electrons. The van der Waals surface area contributed by atoms with E-state index in [4.69, 9.17) is 5.73 Å². The Balaban J connectivity index is 1.79. The molecule has 4 aliphatic rings. The predicted octanol–water partition coefficient (Wildman–Crippen LogP) is 3.97. The van der Waals surface area contributed by atoms with Crippen LogP contribution in [-0.2, 0) is 0 Å². The molecule has 1 unspecified atom stereocenters. The monoisotopic (exact) mass is 235 g/mol. The first-order valence-corrected chi connectivity index (χ1v) is 7.96. The molecular formula is C16H29N. The van der Waals surface area contributed by atoms with Crippen LogP contribution in [0.1, 0.15) is 64.7 Å². The highest BCUT2D eigenvalue weighted by Crippen LogP contribution is 2.63. The first-order valence-electron chi connectivity index (χ1n) is 7.96. The second-order valence-electron chi connectivity index (χ2n) is 7.34. The minimum Gasteiger partial charge on any atom is -0.330 e. The van der Waals surface area contributed by atoms with Crippen molar-refractivity contribution >= 4 is 0 Å². The van der Waals surface area contributed by atoms with Gasteiger partial charge in [0.25, 0.3) is 0 Å². The van der Waals surface area contributed by atoms with Gasteiger partial charge in [0.15, 0.2) is 0 Å². The maximum absolute atomic E-state index is 5.88. The highest BCUT2D eigenvalue weighted by molar-refractivity contribution is 5.03. The molecule has 0 aromatic rings. The van der Waals surface area contributed by atoms with Gasteiger partial charge in [-0.1, -0.05) is 19.8 Å². The zero-order chi connectivity index (χ0) is 11.9. The first-order chi connectivity index (χ1) is 8.25. The van der Waals surface area contributed by atoms with Crippen LogP contribution in [0.3, 0.4) is 0 Å². The molecule has 0 amide bonds. The summed E-state index contributed by atoms with van der Waals surface area (Å²) in [7, 11) is 0. The van der Waals surface area contributed by atoms with E-state index in [0.29, 0.717) is 0 Å². The fourth-order valence-electron chi connectivity index (χ4n) is 5.98. The van der Waals surface area contributed by atoms with Crippen LogP contribution in [-0.4, -0.2) is 6.54 Å². The van der Waals surface area contributed by atoms with Gasteiger partial charge in [0.1, 0.15) is 0 Å². The second-order valence-corrected chi connectivity index (χ2v) is 7.34. The van der Waals surface area contributed by atoms with Gasteiger partial charge in [-0.15, -0.1) is 0 Å². The summed E-state index contributed by atoms with van der Waals surface area (Å²) in [5, 5.41) is 0. The molecule has 0 aromatic heterocycles. The Hall–Kier alpha value is -0.0400. The van der Waals surface area contributed by atoms with Crippen LogP contribution in [0.15, 0.2) is 0 Å². The molecule has 0 aromatic carbocycles. The van der Waals surface area contributed by atoms with E-state index >= 15 is 0 Å². The average Bonchev–Trinajstić information content (AvgIpc) is 2.27. The van der Waals surface area contributed by atoms with Crippen LogP contribution >= 0.6 is 0 Å². The van der Waals surface area contributed by atoms with Crippen molar-refractivity contribution in [2.75, 3.05) is 6.54 Å². The second kappa shape index (κ2) is 4.57. The summed E-state index contributed by atoms with van der Waals surface area (Å²) in [4.78, 5) is 0. The van der Waals surface area contributed by atoms with E-state index in [1.807, 2.05) is 0 Å². The van der Waals surface area contributed by atoms with Crippen LogP contribution in [0.5, 0.6) is 0 Å². The minimum atomic E-state index is 0.740. The summed E-state index contributed by atoms with van der Waals surface area (Å²) in [6.45, 7) is 3.26. The van der Waals surface area contributed by atoms with Crippen LogP contribution in [0.4, 0.5) is 0 Å². The Labute approximate surface area is 107 Å². The van der Waals surface area contributed by atoms with Gasteiger partial charge in [0.05, 0.1) is 0 Å². The molecule has 4 aliphatic carbocycles. The molecule has 1 heteroatoms. The standard InChI is InChI=1S/C16H29N/c1-2-3-15(4-5-17)16-9-12-6-13(10-16)8-14(7-12)11-16/h12-15H,2-11,17H2,1H3. The summed E-state index contributed by atoms with van der Waals surface area (Å²) < 4.78 is 0. The Morgan fingerprint density at radius 3 is 1.94 bits per heavy atom. The lowest BCUT2D eigenvalue weighted by molar-refractivity contribution is -0.0905. The lowest BCUT2D eigenvalue weighted by Gasteiger charge is -2.60. The third kappa shape index (κ3) is 2.05. The number of nitrogens with two attached hydrogens (primary N) is 1. The zero-order valence-corrected chi connectivity index (χ0v) is 11.5. The summed E-state index contributed by atoms with van der Waals surface area (Å²) in [5.41, 5.74) is 6.62. The summed E-state index contributed by atoms with van der Waals surface area (Å²) in [5.74, 6) is 4.24. The minimum absolute atomic E-state index is 0.740. The Bertz CT molecular complexity index is 229. The van der Waals surface area contributed by atoms with Gasteiger partial charge in [0.2, 0.25) is 0 Å².